The second kappa shape index (κ2) is 10.4. The number of nitrogens with one attached hydrogen (secondary N) is 1. The number of hydrogen-bond donors (Lipinski definition) is 3. The van der Waals surface area contributed by atoms with Gasteiger partial charge in [-0.1, -0.05) is 96.9 Å². The number of halogens is 1. The van der Waals surface area contributed by atoms with Crippen molar-refractivity contribution in [1.29, 1.82) is 0 Å². The summed E-state index contributed by atoms with van der Waals surface area (Å²) >= 11 is 6.69. The summed E-state index contributed by atoms with van der Waals surface area (Å²) in [6.07, 6.45) is 1.97. The van der Waals surface area contributed by atoms with Gasteiger partial charge in [-0.25, -0.2) is 0 Å². The molecule has 3 aromatic carbocycles. The summed E-state index contributed by atoms with van der Waals surface area (Å²) in [4.78, 5) is 12.2. The van der Waals surface area contributed by atoms with Gasteiger partial charge in [0.25, 0.3) is 0 Å². The summed E-state index contributed by atoms with van der Waals surface area (Å²) in [6.45, 7) is 0.541. The lowest BCUT2D eigenvalue weighted by molar-refractivity contribution is -0.140. The zero-order valence-corrected chi connectivity index (χ0v) is 17.6. The van der Waals surface area contributed by atoms with E-state index >= 15 is 0 Å². The Hall–Kier alpha value is -2.66. The average Bonchev–Trinajstić information content (AvgIpc) is 2.78. The average molecular weight is 423 g/mol. The molecule has 3 rings (SSSR count). The number of carboxylic acid groups (broad SMARTS) is 1. The van der Waals surface area contributed by atoms with Gasteiger partial charge in [-0.15, -0.1) is 0 Å². The Morgan fingerprint density at radius 2 is 1.43 bits per heavy atom. The molecule has 0 radical (unpaired) electrons. The molecule has 0 heterocycles. The van der Waals surface area contributed by atoms with E-state index in [9.17, 15) is 9.90 Å². The predicted octanol–water partition coefficient (Wildman–Crippen LogP) is 4.80. The monoisotopic (exact) mass is 422 g/mol. The summed E-state index contributed by atoms with van der Waals surface area (Å²) in [5.41, 5.74) is 7.37. The van der Waals surface area contributed by atoms with Gasteiger partial charge < -0.3 is 10.8 Å². The molecule has 0 fully saturated rings. The van der Waals surface area contributed by atoms with Gasteiger partial charge in [0.1, 0.15) is 6.04 Å². The third-order valence-electron chi connectivity index (χ3n) is 5.33. The first-order valence-electron chi connectivity index (χ1n) is 10.2. The molecule has 4 N–H and O–H groups in total. The van der Waals surface area contributed by atoms with E-state index in [-0.39, 0.29) is 0 Å². The summed E-state index contributed by atoms with van der Waals surface area (Å²) in [7, 11) is 0. The highest BCUT2D eigenvalue weighted by Crippen LogP contribution is 2.40. The SMILES string of the molecule is NCCCC[C@H](NC(c1ccccc1)(c1ccccc1)c1ccccc1Cl)C(=O)O. The van der Waals surface area contributed by atoms with Gasteiger partial charge in [-0.2, -0.15) is 0 Å². The molecular formula is C25H27ClN2O2. The minimum absolute atomic E-state index is 0.471. The normalized spacial score (nSPS) is 12.5. The van der Waals surface area contributed by atoms with Crippen molar-refractivity contribution >= 4 is 17.6 Å². The molecule has 0 unspecified atom stereocenters. The van der Waals surface area contributed by atoms with Crippen LogP contribution in [0.1, 0.15) is 36.0 Å². The lowest BCUT2D eigenvalue weighted by Gasteiger charge is -2.39. The van der Waals surface area contributed by atoms with Crippen LogP contribution in [0, 0.1) is 0 Å². The Kier molecular flexibility index (Phi) is 7.63. The molecule has 0 saturated carbocycles. The van der Waals surface area contributed by atoms with Gasteiger partial charge >= 0.3 is 5.97 Å². The maximum absolute atomic E-state index is 12.2. The number of hydrogen-bond acceptors (Lipinski definition) is 3. The van der Waals surface area contributed by atoms with Crippen LogP contribution < -0.4 is 11.1 Å². The summed E-state index contributed by atoms with van der Waals surface area (Å²) < 4.78 is 0. The Bertz CT molecular complexity index is 908. The van der Waals surface area contributed by atoms with Crippen LogP contribution in [0.3, 0.4) is 0 Å². The topological polar surface area (TPSA) is 75.3 Å². The Labute approximate surface area is 182 Å². The first-order chi connectivity index (χ1) is 14.6. The number of nitrogens with two attached hydrogens (primary N) is 1. The Morgan fingerprint density at radius 3 is 1.93 bits per heavy atom. The molecule has 0 aromatic heterocycles. The number of carboxylic acids is 1. The van der Waals surface area contributed by atoms with Crippen LogP contribution in [0.2, 0.25) is 5.02 Å². The summed E-state index contributed by atoms with van der Waals surface area (Å²) in [6, 6.07) is 26.5. The number of aliphatic carboxylic acids is 1. The predicted molar refractivity (Wildman–Crippen MR) is 122 cm³/mol. The third-order valence-corrected chi connectivity index (χ3v) is 5.66. The molecule has 4 nitrogen and oxygen atoms in total. The quantitative estimate of drug-likeness (QED) is 0.324. The van der Waals surface area contributed by atoms with Crippen LogP contribution in [-0.4, -0.2) is 23.7 Å². The van der Waals surface area contributed by atoms with Crippen LogP contribution in [0.15, 0.2) is 84.9 Å². The highest BCUT2D eigenvalue weighted by atomic mass is 35.5. The van der Waals surface area contributed by atoms with Crippen molar-refractivity contribution in [2.45, 2.75) is 30.8 Å². The van der Waals surface area contributed by atoms with E-state index in [0.29, 0.717) is 18.0 Å². The second-order valence-corrected chi connectivity index (χ2v) is 7.69. The third kappa shape index (κ3) is 4.73. The van der Waals surface area contributed by atoms with E-state index < -0.39 is 17.6 Å². The lowest BCUT2D eigenvalue weighted by Crippen LogP contribution is -2.52. The maximum Gasteiger partial charge on any atom is 0.320 e. The van der Waals surface area contributed by atoms with Crippen molar-refractivity contribution in [2.24, 2.45) is 5.73 Å². The molecule has 156 valence electrons. The molecule has 3 aromatic rings. The summed E-state index contributed by atoms with van der Waals surface area (Å²) in [5, 5.41) is 14.1. The minimum atomic E-state index is -0.924. The maximum atomic E-state index is 12.2. The zero-order chi connectivity index (χ0) is 21.4. The van der Waals surface area contributed by atoms with E-state index in [4.69, 9.17) is 17.3 Å². The van der Waals surface area contributed by atoms with Crippen molar-refractivity contribution < 1.29 is 9.90 Å². The van der Waals surface area contributed by atoms with Gasteiger partial charge in [-0.05, 0) is 42.1 Å². The van der Waals surface area contributed by atoms with Gasteiger partial charge in [-0.3, -0.25) is 10.1 Å². The van der Waals surface area contributed by atoms with Crippen LogP contribution in [0.25, 0.3) is 0 Å². The van der Waals surface area contributed by atoms with E-state index in [1.807, 2.05) is 84.9 Å². The van der Waals surface area contributed by atoms with Crippen LogP contribution >= 0.6 is 11.6 Å². The minimum Gasteiger partial charge on any atom is -0.480 e. The highest BCUT2D eigenvalue weighted by molar-refractivity contribution is 6.31. The molecule has 5 heteroatoms. The molecular weight excluding hydrogens is 396 g/mol. The van der Waals surface area contributed by atoms with Gasteiger partial charge in [0.05, 0.1) is 5.54 Å². The largest absolute Gasteiger partial charge is 0.480 e. The first kappa shape index (κ1) is 22.0. The Balaban J connectivity index is 2.23. The zero-order valence-electron chi connectivity index (χ0n) is 16.8. The van der Waals surface area contributed by atoms with E-state index in [2.05, 4.69) is 5.32 Å². The van der Waals surface area contributed by atoms with Gasteiger partial charge in [0.15, 0.2) is 0 Å². The molecule has 0 bridgehead atoms. The van der Waals surface area contributed by atoms with E-state index in [1.54, 1.807) is 0 Å². The van der Waals surface area contributed by atoms with Crippen molar-refractivity contribution in [2.75, 3.05) is 6.54 Å². The van der Waals surface area contributed by atoms with Gasteiger partial charge in [0, 0.05) is 5.02 Å². The van der Waals surface area contributed by atoms with Crippen molar-refractivity contribution in [1.82, 2.24) is 5.32 Å². The number of rotatable bonds is 10. The lowest BCUT2D eigenvalue weighted by atomic mass is 9.76. The fourth-order valence-corrected chi connectivity index (χ4v) is 4.15. The number of unbranched alkanes of at least 4 members (excludes halogenated alkanes) is 1. The van der Waals surface area contributed by atoms with Crippen LogP contribution in [0.5, 0.6) is 0 Å². The van der Waals surface area contributed by atoms with Crippen molar-refractivity contribution in [3.05, 3.63) is 107 Å². The number of benzene rings is 3. The van der Waals surface area contributed by atoms with Crippen LogP contribution in [0.4, 0.5) is 0 Å². The van der Waals surface area contributed by atoms with Crippen molar-refractivity contribution in [3.63, 3.8) is 0 Å². The molecule has 0 amide bonds. The molecule has 30 heavy (non-hydrogen) atoms. The summed E-state index contributed by atoms with van der Waals surface area (Å²) in [5.74, 6) is -0.893. The molecule has 0 aliphatic heterocycles. The number of carbonyl (C=O) groups is 1. The molecule has 0 aliphatic carbocycles. The molecule has 0 aliphatic rings. The fraction of sp³-hybridized carbons (Fsp3) is 0.240. The smallest absolute Gasteiger partial charge is 0.320 e. The molecule has 0 saturated heterocycles. The molecule has 1 atom stereocenters. The fourth-order valence-electron chi connectivity index (χ4n) is 3.88. The first-order valence-corrected chi connectivity index (χ1v) is 10.5. The van der Waals surface area contributed by atoms with E-state index in [0.717, 1.165) is 29.5 Å². The van der Waals surface area contributed by atoms with Gasteiger partial charge in [0.2, 0.25) is 0 Å². The van der Waals surface area contributed by atoms with Crippen LogP contribution in [-0.2, 0) is 10.3 Å². The molecule has 0 spiro atoms. The standard InChI is InChI=1S/C25H27ClN2O2/c26-22-16-8-7-15-21(22)25(19-11-3-1-4-12-19,20-13-5-2-6-14-20)28-23(24(29)30)17-9-10-18-27/h1-8,11-16,23,28H,9-10,17-18,27H2,(H,29,30)/t23-/m0/s1. The Morgan fingerprint density at radius 1 is 0.900 bits per heavy atom. The van der Waals surface area contributed by atoms with E-state index in [1.165, 1.54) is 0 Å². The highest BCUT2D eigenvalue weighted by Gasteiger charge is 2.40. The second-order valence-electron chi connectivity index (χ2n) is 7.28. The van der Waals surface area contributed by atoms with Crippen molar-refractivity contribution in [3.8, 4) is 0 Å².